The maximum Gasteiger partial charge on any atom is 0.225 e. The van der Waals surface area contributed by atoms with E-state index in [-0.39, 0.29) is 35.6 Å². The highest BCUT2D eigenvalue weighted by Crippen LogP contribution is 2.37. The van der Waals surface area contributed by atoms with Crippen molar-refractivity contribution in [3.8, 4) is 0 Å². The zero-order valence-electron chi connectivity index (χ0n) is 16.2. The van der Waals surface area contributed by atoms with E-state index < -0.39 is 8.32 Å². The Kier molecular flexibility index (Phi) is 7.29. The first kappa shape index (κ1) is 20.7. The molecule has 1 fully saturated rings. The topological polar surface area (TPSA) is 49.8 Å². The molecule has 1 rings (SSSR count). The van der Waals surface area contributed by atoms with Crippen LogP contribution in [0.2, 0.25) is 18.1 Å². The van der Waals surface area contributed by atoms with Gasteiger partial charge in [-0.25, -0.2) is 0 Å². The van der Waals surface area contributed by atoms with E-state index >= 15 is 0 Å². The summed E-state index contributed by atoms with van der Waals surface area (Å²) in [5.41, 5.74) is 0. The van der Waals surface area contributed by atoms with E-state index in [0.29, 0.717) is 0 Å². The second-order valence-electron chi connectivity index (χ2n) is 8.68. The van der Waals surface area contributed by atoms with Crippen molar-refractivity contribution in [3.63, 3.8) is 0 Å². The second kappa shape index (κ2) is 8.12. The number of hydrogen-bond acceptors (Lipinski definition) is 3. The molecule has 136 valence electrons. The SMILES string of the molecule is C[C@H](CC[C@H](C)O[Si](C)(C)C(C)(C)C)C(=O)N1CCC[C@H]1CO. The van der Waals surface area contributed by atoms with Crippen molar-refractivity contribution in [2.45, 2.75) is 90.6 Å². The minimum Gasteiger partial charge on any atom is -0.414 e. The van der Waals surface area contributed by atoms with Crippen molar-refractivity contribution >= 4 is 14.2 Å². The lowest BCUT2D eigenvalue weighted by atomic mass is 10.0. The van der Waals surface area contributed by atoms with E-state index in [9.17, 15) is 9.90 Å². The fourth-order valence-electron chi connectivity index (χ4n) is 2.95. The summed E-state index contributed by atoms with van der Waals surface area (Å²) in [4.78, 5) is 14.4. The monoisotopic (exact) mass is 343 g/mol. The molecule has 0 unspecified atom stereocenters. The van der Waals surface area contributed by atoms with Crippen LogP contribution in [0, 0.1) is 5.92 Å². The molecule has 1 N–H and O–H groups in total. The summed E-state index contributed by atoms with van der Waals surface area (Å²) in [6.45, 7) is 16.3. The standard InChI is InChI=1S/C18H37NO3Si/c1-14(17(21)19-12-8-9-16(19)13-20)10-11-15(2)22-23(6,7)18(3,4)5/h14-16,20H,8-13H2,1-7H3/t14-,15+,16+/m1/s1. The number of aliphatic hydroxyl groups is 1. The molecule has 1 saturated heterocycles. The normalized spacial score (nSPS) is 22.3. The molecule has 0 aromatic heterocycles. The van der Waals surface area contributed by atoms with Gasteiger partial charge in [0.05, 0.1) is 12.6 Å². The molecule has 1 amide bonds. The Hall–Kier alpha value is -0.393. The number of likely N-dealkylation sites (tertiary alicyclic amines) is 1. The van der Waals surface area contributed by atoms with Crippen LogP contribution in [-0.2, 0) is 9.22 Å². The molecule has 4 nitrogen and oxygen atoms in total. The number of rotatable bonds is 7. The lowest BCUT2D eigenvalue weighted by Gasteiger charge is -2.38. The van der Waals surface area contributed by atoms with Gasteiger partial charge in [-0.1, -0.05) is 27.7 Å². The number of nitrogens with zero attached hydrogens (tertiary/aromatic N) is 1. The Morgan fingerprint density at radius 2 is 1.91 bits per heavy atom. The van der Waals surface area contributed by atoms with Crippen LogP contribution in [0.5, 0.6) is 0 Å². The summed E-state index contributed by atoms with van der Waals surface area (Å²) in [6, 6.07) is 0.0332. The molecule has 3 atom stereocenters. The maximum absolute atomic E-state index is 12.6. The van der Waals surface area contributed by atoms with Gasteiger partial charge in [0.1, 0.15) is 0 Å². The van der Waals surface area contributed by atoms with E-state index in [1.54, 1.807) is 0 Å². The van der Waals surface area contributed by atoms with Gasteiger partial charge in [0.25, 0.3) is 0 Å². The first-order valence-electron chi connectivity index (χ1n) is 9.08. The molecular formula is C18H37NO3Si. The molecule has 0 bridgehead atoms. The highest BCUT2D eigenvalue weighted by Gasteiger charge is 2.38. The molecule has 0 radical (unpaired) electrons. The number of carbonyl (C=O) groups excluding carboxylic acids is 1. The molecule has 0 saturated carbocycles. The minimum absolute atomic E-state index is 0.00705. The summed E-state index contributed by atoms with van der Waals surface area (Å²) in [5.74, 6) is 0.202. The first-order chi connectivity index (χ1) is 10.5. The van der Waals surface area contributed by atoms with Crippen molar-refractivity contribution in [2.75, 3.05) is 13.2 Å². The van der Waals surface area contributed by atoms with Gasteiger partial charge in [0, 0.05) is 18.6 Å². The van der Waals surface area contributed by atoms with E-state index in [1.165, 1.54) is 0 Å². The third-order valence-electron chi connectivity index (χ3n) is 5.60. The van der Waals surface area contributed by atoms with Crippen molar-refractivity contribution < 1.29 is 14.3 Å². The Bertz CT molecular complexity index is 392. The fraction of sp³-hybridized carbons (Fsp3) is 0.944. The average Bonchev–Trinajstić information content (AvgIpc) is 2.90. The van der Waals surface area contributed by atoms with E-state index in [4.69, 9.17) is 4.43 Å². The van der Waals surface area contributed by atoms with Crippen LogP contribution in [-0.4, -0.2) is 49.5 Å². The van der Waals surface area contributed by atoms with Crippen LogP contribution in [0.4, 0.5) is 0 Å². The Balaban J connectivity index is 2.46. The Labute approximate surface area is 143 Å². The van der Waals surface area contributed by atoms with Crippen LogP contribution in [0.15, 0.2) is 0 Å². The van der Waals surface area contributed by atoms with E-state index in [1.807, 2.05) is 11.8 Å². The summed E-state index contributed by atoms with van der Waals surface area (Å²) in [6.07, 6.45) is 3.90. The van der Waals surface area contributed by atoms with Crippen LogP contribution in [0.1, 0.15) is 60.3 Å². The van der Waals surface area contributed by atoms with Crippen LogP contribution in [0.3, 0.4) is 0 Å². The molecule has 0 aliphatic carbocycles. The summed E-state index contributed by atoms with van der Waals surface area (Å²) < 4.78 is 6.37. The van der Waals surface area contributed by atoms with Gasteiger partial charge in [-0.15, -0.1) is 0 Å². The van der Waals surface area contributed by atoms with Crippen LogP contribution >= 0.6 is 0 Å². The zero-order chi connectivity index (χ0) is 17.8. The molecule has 1 heterocycles. The molecule has 0 spiro atoms. The zero-order valence-corrected chi connectivity index (χ0v) is 17.2. The van der Waals surface area contributed by atoms with Crippen LogP contribution < -0.4 is 0 Å². The quantitative estimate of drug-likeness (QED) is 0.715. The Morgan fingerprint density at radius 3 is 2.43 bits per heavy atom. The molecule has 0 aromatic rings. The average molecular weight is 344 g/mol. The van der Waals surface area contributed by atoms with Crippen LogP contribution in [0.25, 0.3) is 0 Å². The predicted molar refractivity (Wildman–Crippen MR) is 98.0 cm³/mol. The van der Waals surface area contributed by atoms with Crippen molar-refractivity contribution in [3.05, 3.63) is 0 Å². The van der Waals surface area contributed by atoms with E-state index in [2.05, 4.69) is 40.8 Å². The molecule has 5 heteroatoms. The summed E-state index contributed by atoms with van der Waals surface area (Å²) in [7, 11) is -1.74. The Morgan fingerprint density at radius 1 is 1.30 bits per heavy atom. The van der Waals surface area contributed by atoms with Gasteiger partial charge in [-0.2, -0.15) is 0 Å². The van der Waals surface area contributed by atoms with Crippen molar-refractivity contribution in [1.82, 2.24) is 4.90 Å². The summed E-state index contributed by atoms with van der Waals surface area (Å²) in [5, 5.41) is 9.59. The number of amides is 1. The largest absolute Gasteiger partial charge is 0.414 e. The highest BCUT2D eigenvalue weighted by molar-refractivity contribution is 6.74. The lowest BCUT2D eigenvalue weighted by Crippen LogP contribution is -2.43. The van der Waals surface area contributed by atoms with Gasteiger partial charge in [0.2, 0.25) is 5.91 Å². The molecular weight excluding hydrogens is 306 g/mol. The number of hydrogen-bond donors (Lipinski definition) is 1. The van der Waals surface area contributed by atoms with Gasteiger partial charge >= 0.3 is 0 Å². The van der Waals surface area contributed by atoms with Crippen molar-refractivity contribution in [2.24, 2.45) is 5.92 Å². The molecule has 23 heavy (non-hydrogen) atoms. The molecule has 1 aliphatic heterocycles. The lowest BCUT2D eigenvalue weighted by molar-refractivity contribution is -0.136. The predicted octanol–water partition coefficient (Wildman–Crippen LogP) is 3.80. The first-order valence-corrected chi connectivity index (χ1v) is 12.0. The fourth-order valence-corrected chi connectivity index (χ4v) is 4.42. The molecule has 1 aliphatic rings. The maximum atomic E-state index is 12.6. The smallest absolute Gasteiger partial charge is 0.225 e. The minimum atomic E-state index is -1.74. The summed E-state index contributed by atoms with van der Waals surface area (Å²) >= 11 is 0. The van der Waals surface area contributed by atoms with Gasteiger partial charge in [-0.3, -0.25) is 4.79 Å². The van der Waals surface area contributed by atoms with Gasteiger partial charge in [-0.05, 0) is 50.7 Å². The van der Waals surface area contributed by atoms with Crippen molar-refractivity contribution in [1.29, 1.82) is 0 Å². The highest BCUT2D eigenvalue weighted by atomic mass is 28.4. The number of carbonyl (C=O) groups is 1. The molecule has 0 aromatic carbocycles. The van der Waals surface area contributed by atoms with Gasteiger partial charge in [0.15, 0.2) is 8.32 Å². The third kappa shape index (κ3) is 5.57. The second-order valence-corrected chi connectivity index (χ2v) is 13.4. The van der Waals surface area contributed by atoms with Gasteiger partial charge < -0.3 is 14.4 Å². The number of aliphatic hydroxyl groups excluding tert-OH is 1. The van der Waals surface area contributed by atoms with E-state index in [0.717, 1.165) is 32.2 Å². The third-order valence-corrected chi connectivity index (χ3v) is 10.2.